The Morgan fingerprint density at radius 1 is 1.15 bits per heavy atom. The number of rotatable bonds is 3. The molecule has 7 heteroatoms. The van der Waals surface area contributed by atoms with Gasteiger partial charge in [0.15, 0.2) is 5.82 Å². The molecule has 3 aromatic rings. The summed E-state index contributed by atoms with van der Waals surface area (Å²) in [6.45, 7) is 7.94. The number of carbonyl (C=O) groups excluding carboxylic acids is 1. The van der Waals surface area contributed by atoms with Crippen LogP contribution < -0.4 is 5.32 Å². The lowest BCUT2D eigenvalue weighted by Crippen LogP contribution is -2.16. The molecule has 2 aromatic carbocycles. The lowest BCUT2D eigenvalue weighted by Gasteiger charge is -2.20. The molecule has 0 aliphatic rings. The Hall–Kier alpha value is -2.86. The lowest BCUT2D eigenvalue weighted by molar-refractivity contribution is 0.102. The number of aromatic amines is 1. The van der Waals surface area contributed by atoms with E-state index in [0.29, 0.717) is 22.4 Å². The van der Waals surface area contributed by atoms with E-state index in [2.05, 4.69) is 20.5 Å². The molecule has 0 radical (unpaired) electrons. The summed E-state index contributed by atoms with van der Waals surface area (Å²) < 4.78 is 0. The quantitative estimate of drug-likeness (QED) is 0.611. The Bertz CT molecular complexity index is 1010. The van der Waals surface area contributed by atoms with E-state index in [4.69, 9.17) is 11.6 Å². The molecule has 3 N–H and O–H groups in total. The molecule has 0 atom stereocenters. The Morgan fingerprint density at radius 2 is 1.89 bits per heavy atom. The number of aromatic hydroxyl groups is 1. The van der Waals surface area contributed by atoms with Gasteiger partial charge in [0.1, 0.15) is 11.6 Å². The summed E-state index contributed by atoms with van der Waals surface area (Å²) in [4.78, 5) is 15.7. The summed E-state index contributed by atoms with van der Waals surface area (Å²) in [6, 6.07) is 10.2. The van der Waals surface area contributed by atoms with E-state index < -0.39 is 5.91 Å². The van der Waals surface area contributed by atoms with E-state index in [1.807, 2.05) is 33.8 Å². The topological polar surface area (TPSA) is 90.9 Å². The van der Waals surface area contributed by atoms with E-state index in [0.717, 1.165) is 11.1 Å². The van der Waals surface area contributed by atoms with Crippen molar-refractivity contribution >= 4 is 23.2 Å². The SMILES string of the molecule is Cc1nnc(-c2ccc(NC(=O)c3cc(C(C)(C)C)ccc3O)c(Cl)c2)[nH]1. The third-order valence-corrected chi connectivity index (χ3v) is 4.51. The van der Waals surface area contributed by atoms with Crippen LogP contribution in [0.5, 0.6) is 5.75 Å². The molecular formula is C20H21ClN4O2. The fraction of sp³-hybridized carbons (Fsp3) is 0.250. The predicted molar refractivity (Wildman–Crippen MR) is 106 cm³/mol. The zero-order valence-electron chi connectivity index (χ0n) is 15.6. The summed E-state index contributed by atoms with van der Waals surface area (Å²) in [5, 5.41) is 21.2. The molecule has 0 aliphatic heterocycles. The molecule has 0 saturated heterocycles. The minimum absolute atomic E-state index is 0.0784. The molecule has 0 unspecified atom stereocenters. The molecule has 140 valence electrons. The van der Waals surface area contributed by atoms with Crippen LogP contribution >= 0.6 is 11.6 Å². The van der Waals surface area contributed by atoms with Gasteiger partial charge in [0.25, 0.3) is 5.91 Å². The van der Waals surface area contributed by atoms with Crippen LogP contribution in [-0.2, 0) is 5.41 Å². The number of aryl methyl sites for hydroxylation is 1. The molecule has 27 heavy (non-hydrogen) atoms. The fourth-order valence-electron chi connectivity index (χ4n) is 2.61. The molecule has 1 heterocycles. The van der Waals surface area contributed by atoms with E-state index in [-0.39, 0.29) is 16.7 Å². The standard InChI is InChI=1S/C20H21ClN4O2/c1-11-22-18(25-24-11)12-5-7-16(15(21)9-12)23-19(27)14-10-13(20(2,3)4)6-8-17(14)26/h5-10,26H,1-4H3,(H,23,27)(H,22,24,25). The maximum atomic E-state index is 12.7. The average molecular weight is 385 g/mol. The van der Waals surface area contributed by atoms with Crippen molar-refractivity contribution in [2.24, 2.45) is 0 Å². The van der Waals surface area contributed by atoms with E-state index >= 15 is 0 Å². The number of H-pyrrole nitrogens is 1. The summed E-state index contributed by atoms with van der Waals surface area (Å²) in [7, 11) is 0. The molecule has 1 amide bonds. The van der Waals surface area contributed by atoms with Crippen molar-refractivity contribution in [2.75, 3.05) is 5.32 Å². The molecule has 0 fully saturated rings. The van der Waals surface area contributed by atoms with Gasteiger partial charge in [-0.25, -0.2) is 0 Å². The van der Waals surface area contributed by atoms with Crippen LogP contribution in [-0.4, -0.2) is 26.2 Å². The summed E-state index contributed by atoms with van der Waals surface area (Å²) >= 11 is 6.32. The summed E-state index contributed by atoms with van der Waals surface area (Å²) in [5.41, 5.74) is 2.22. The molecule has 3 rings (SSSR count). The number of phenols is 1. The monoisotopic (exact) mass is 384 g/mol. The van der Waals surface area contributed by atoms with Gasteiger partial charge in [0.05, 0.1) is 16.3 Å². The first-order valence-electron chi connectivity index (χ1n) is 8.49. The van der Waals surface area contributed by atoms with Crippen molar-refractivity contribution < 1.29 is 9.90 Å². The minimum atomic E-state index is -0.427. The molecule has 0 spiro atoms. The maximum Gasteiger partial charge on any atom is 0.259 e. The highest BCUT2D eigenvalue weighted by Crippen LogP contribution is 2.30. The zero-order chi connectivity index (χ0) is 19.8. The summed E-state index contributed by atoms with van der Waals surface area (Å²) in [6.07, 6.45) is 0. The highest BCUT2D eigenvalue weighted by atomic mass is 35.5. The molecule has 6 nitrogen and oxygen atoms in total. The number of phenolic OH excluding ortho intramolecular Hbond substituents is 1. The van der Waals surface area contributed by atoms with Gasteiger partial charge in [-0.2, -0.15) is 0 Å². The van der Waals surface area contributed by atoms with Crippen LogP contribution in [0.1, 0.15) is 42.5 Å². The average Bonchev–Trinajstić information content (AvgIpc) is 3.02. The van der Waals surface area contributed by atoms with Gasteiger partial charge < -0.3 is 15.4 Å². The molecule has 1 aromatic heterocycles. The predicted octanol–water partition coefficient (Wildman–Crippen LogP) is 4.69. The fourth-order valence-corrected chi connectivity index (χ4v) is 2.84. The number of anilines is 1. The minimum Gasteiger partial charge on any atom is -0.507 e. The first-order valence-corrected chi connectivity index (χ1v) is 8.87. The smallest absolute Gasteiger partial charge is 0.259 e. The third-order valence-electron chi connectivity index (χ3n) is 4.20. The van der Waals surface area contributed by atoms with Crippen LogP contribution in [0.15, 0.2) is 36.4 Å². The van der Waals surface area contributed by atoms with Gasteiger partial charge in [0.2, 0.25) is 0 Å². The number of hydrogen-bond donors (Lipinski definition) is 3. The lowest BCUT2D eigenvalue weighted by atomic mass is 9.86. The number of benzene rings is 2. The van der Waals surface area contributed by atoms with Gasteiger partial charge in [-0.05, 0) is 48.2 Å². The Morgan fingerprint density at radius 3 is 2.48 bits per heavy atom. The van der Waals surface area contributed by atoms with Gasteiger partial charge in [0, 0.05) is 5.56 Å². The second kappa shape index (κ2) is 7.04. The van der Waals surface area contributed by atoms with Crippen LogP contribution in [0, 0.1) is 6.92 Å². The largest absolute Gasteiger partial charge is 0.507 e. The number of nitrogens with zero attached hydrogens (tertiary/aromatic N) is 2. The van der Waals surface area contributed by atoms with Crippen molar-refractivity contribution in [1.82, 2.24) is 15.2 Å². The van der Waals surface area contributed by atoms with E-state index in [1.54, 1.807) is 24.3 Å². The van der Waals surface area contributed by atoms with Crippen molar-refractivity contribution in [3.05, 3.63) is 58.4 Å². The number of nitrogens with one attached hydrogen (secondary N) is 2. The van der Waals surface area contributed by atoms with Gasteiger partial charge >= 0.3 is 0 Å². The number of halogens is 1. The molecular weight excluding hydrogens is 364 g/mol. The second-order valence-electron chi connectivity index (χ2n) is 7.39. The third kappa shape index (κ3) is 4.11. The van der Waals surface area contributed by atoms with Crippen LogP contribution in [0.4, 0.5) is 5.69 Å². The molecule has 0 saturated carbocycles. The van der Waals surface area contributed by atoms with E-state index in [1.165, 1.54) is 6.07 Å². The Labute approximate surface area is 162 Å². The maximum absolute atomic E-state index is 12.7. The number of hydrogen-bond acceptors (Lipinski definition) is 4. The molecule has 0 aliphatic carbocycles. The molecule has 0 bridgehead atoms. The highest BCUT2D eigenvalue weighted by Gasteiger charge is 2.19. The Kier molecular flexibility index (Phi) is 4.93. The van der Waals surface area contributed by atoms with Gasteiger partial charge in [-0.3, -0.25) is 4.79 Å². The van der Waals surface area contributed by atoms with Crippen molar-refractivity contribution in [2.45, 2.75) is 33.1 Å². The zero-order valence-corrected chi connectivity index (χ0v) is 16.3. The Balaban J connectivity index is 1.86. The van der Waals surface area contributed by atoms with Crippen molar-refractivity contribution in [3.8, 4) is 17.1 Å². The van der Waals surface area contributed by atoms with Gasteiger partial charge in [-0.15, -0.1) is 10.2 Å². The first-order chi connectivity index (χ1) is 12.6. The number of carbonyl (C=O) groups is 1. The van der Waals surface area contributed by atoms with E-state index in [9.17, 15) is 9.90 Å². The van der Waals surface area contributed by atoms with Gasteiger partial charge in [-0.1, -0.05) is 38.4 Å². The van der Waals surface area contributed by atoms with Crippen molar-refractivity contribution in [3.63, 3.8) is 0 Å². The van der Waals surface area contributed by atoms with Crippen LogP contribution in [0.25, 0.3) is 11.4 Å². The first kappa shape index (κ1) is 18.9. The number of amides is 1. The van der Waals surface area contributed by atoms with Crippen LogP contribution in [0.2, 0.25) is 5.02 Å². The van der Waals surface area contributed by atoms with Crippen molar-refractivity contribution in [1.29, 1.82) is 0 Å². The van der Waals surface area contributed by atoms with Crippen LogP contribution in [0.3, 0.4) is 0 Å². The number of aromatic nitrogens is 3. The normalized spacial score (nSPS) is 11.4. The highest BCUT2D eigenvalue weighted by molar-refractivity contribution is 6.34. The second-order valence-corrected chi connectivity index (χ2v) is 7.80. The summed E-state index contributed by atoms with van der Waals surface area (Å²) in [5.74, 6) is 0.796.